The first-order chi connectivity index (χ1) is 29.5. The number of carbonyl (C=O) groups excluding carboxylic acids is 1. The summed E-state index contributed by atoms with van der Waals surface area (Å²) in [4.78, 5) is 14.6. The van der Waals surface area contributed by atoms with Crippen LogP contribution in [0.1, 0.15) is 128 Å². The second kappa shape index (κ2) is 16.1. The van der Waals surface area contributed by atoms with Gasteiger partial charge in [-0.15, -0.1) is 10.2 Å². The fourth-order valence-corrected chi connectivity index (χ4v) is 14.0. The molecule has 332 valence electrons. The number of hydrogen-bond acceptors (Lipinski definition) is 8. The number of aliphatic hydroxyl groups excluding tert-OH is 1. The monoisotopic (exact) mass is 882 g/mol. The van der Waals surface area contributed by atoms with Gasteiger partial charge in [-0.05, 0) is 139 Å². The van der Waals surface area contributed by atoms with Gasteiger partial charge in [0, 0.05) is 15.5 Å². The summed E-state index contributed by atoms with van der Waals surface area (Å²) < 4.78 is 16.4. The van der Waals surface area contributed by atoms with Gasteiger partial charge in [0.25, 0.3) is 0 Å². The van der Waals surface area contributed by atoms with E-state index in [0.29, 0.717) is 53.9 Å². The van der Waals surface area contributed by atoms with Gasteiger partial charge < -0.3 is 14.6 Å². The number of esters is 1. The van der Waals surface area contributed by atoms with Gasteiger partial charge in [0.1, 0.15) is 18.0 Å². The zero-order valence-corrected chi connectivity index (χ0v) is 38.9. The molecule has 9 atom stereocenters. The van der Waals surface area contributed by atoms with E-state index in [2.05, 4.69) is 68.2 Å². The standard InChI is InChI=1S/C50H64Cl2N6O4/c1-45(2)21-23-50(44(60)62-31-38-29-58(56-54-38)27-34-9-13-36(52)14-10-34)24-22-48(5)39(40(50)25-45)15-16-42-46(3)19-18-43(59)47(4,41(46)17-20-49(42,48)6)32-61-30-37-28-57(55-53-37)26-33-7-11-35(51)12-8-33/h7-15,28-29,40-43,59H,16-27,30-32H2,1-6H3/t40-,41+,42+,43-,46-,47-,48+,49+,50-/m0/s1. The van der Waals surface area contributed by atoms with E-state index in [9.17, 15) is 9.90 Å². The fraction of sp³-hybridized carbons (Fsp3) is 0.620. The molecular formula is C50H64Cl2N6O4. The minimum Gasteiger partial charge on any atom is -0.459 e. The van der Waals surface area contributed by atoms with Crippen molar-refractivity contribution in [2.45, 2.75) is 138 Å². The Morgan fingerprint density at radius 2 is 1.35 bits per heavy atom. The van der Waals surface area contributed by atoms with Gasteiger partial charge in [-0.1, -0.05) is 111 Å². The van der Waals surface area contributed by atoms with E-state index in [1.165, 1.54) is 5.57 Å². The Bertz CT molecular complexity index is 2310. The molecule has 0 amide bonds. The molecule has 0 spiro atoms. The van der Waals surface area contributed by atoms with Gasteiger partial charge in [0.2, 0.25) is 0 Å². The van der Waals surface area contributed by atoms with E-state index in [1.54, 1.807) is 4.68 Å². The van der Waals surface area contributed by atoms with Gasteiger partial charge >= 0.3 is 5.97 Å². The summed E-state index contributed by atoms with van der Waals surface area (Å²) in [7, 11) is 0. The average molecular weight is 884 g/mol. The van der Waals surface area contributed by atoms with Crippen LogP contribution >= 0.6 is 23.2 Å². The zero-order chi connectivity index (χ0) is 43.7. The summed E-state index contributed by atoms with van der Waals surface area (Å²) in [5.74, 6) is 0.828. The zero-order valence-electron chi connectivity index (χ0n) is 37.4. The number of rotatable bonds is 11. The lowest BCUT2D eigenvalue weighted by Gasteiger charge is -2.71. The van der Waals surface area contributed by atoms with E-state index in [4.69, 9.17) is 32.7 Å². The highest BCUT2D eigenvalue weighted by Crippen LogP contribution is 2.76. The third-order valence-electron chi connectivity index (χ3n) is 17.5. The first kappa shape index (κ1) is 43.7. The Morgan fingerprint density at radius 1 is 0.758 bits per heavy atom. The van der Waals surface area contributed by atoms with Crippen LogP contribution in [0.15, 0.2) is 72.6 Å². The molecular weight excluding hydrogens is 819 g/mol. The Kier molecular flexibility index (Phi) is 11.4. The van der Waals surface area contributed by atoms with Crippen LogP contribution in [0, 0.1) is 50.2 Å². The van der Waals surface area contributed by atoms with Gasteiger partial charge in [-0.3, -0.25) is 4.79 Å². The maximum absolute atomic E-state index is 14.6. The molecule has 0 aliphatic heterocycles. The number of allylic oxidation sites excluding steroid dienone is 2. The highest BCUT2D eigenvalue weighted by Gasteiger charge is 2.70. The molecule has 2 aromatic heterocycles. The Morgan fingerprint density at radius 3 is 1.98 bits per heavy atom. The smallest absolute Gasteiger partial charge is 0.313 e. The lowest BCUT2D eigenvalue weighted by Crippen LogP contribution is -2.66. The molecule has 0 unspecified atom stereocenters. The fourth-order valence-electron chi connectivity index (χ4n) is 13.8. The molecule has 0 saturated heterocycles. The van der Waals surface area contributed by atoms with Crippen molar-refractivity contribution < 1.29 is 19.4 Å². The molecule has 5 aliphatic rings. The predicted molar refractivity (Wildman–Crippen MR) is 240 cm³/mol. The normalized spacial score (nSPS) is 34.9. The third kappa shape index (κ3) is 7.56. The van der Waals surface area contributed by atoms with E-state index in [1.807, 2.05) is 65.6 Å². The van der Waals surface area contributed by atoms with Crippen molar-refractivity contribution in [3.8, 4) is 0 Å². The topological polar surface area (TPSA) is 117 Å². The maximum atomic E-state index is 14.6. The number of carbonyl (C=O) groups is 1. The number of aliphatic hydroxyl groups is 1. The van der Waals surface area contributed by atoms with Gasteiger partial charge in [-0.2, -0.15) is 0 Å². The summed E-state index contributed by atoms with van der Waals surface area (Å²) >= 11 is 12.2. The molecule has 4 fully saturated rings. The summed E-state index contributed by atoms with van der Waals surface area (Å²) in [6.45, 7) is 16.8. The molecule has 2 heterocycles. The summed E-state index contributed by atoms with van der Waals surface area (Å²) in [5, 5.41) is 30.7. The lowest BCUT2D eigenvalue weighted by atomic mass is 9.33. The van der Waals surface area contributed by atoms with Crippen LogP contribution < -0.4 is 0 Å². The highest BCUT2D eigenvalue weighted by molar-refractivity contribution is 6.30. The van der Waals surface area contributed by atoms with Gasteiger partial charge in [0.15, 0.2) is 0 Å². The SMILES string of the molecule is CC1(C)CC[C@]2(C(=O)OCc3cn(Cc4ccc(Cl)cc4)nn3)CC[C@]3(C)C(=CC[C@@H]4[C@@]5(C)CC[C@H](O)[C@@](C)(COCc6cn(Cc7ccc(Cl)cc7)nn6)[C@@H]5CC[C@]43C)[C@@H]2C1. The van der Waals surface area contributed by atoms with Crippen molar-refractivity contribution in [1.29, 1.82) is 0 Å². The minimum absolute atomic E-state index is 0.0292. The van der Waals surface area contributed by atoms with Crippen LogP contribution in [0.3, 0.4) is 0 Å². The molecule has 0 bridgehead atoms. The van der Waals surface area contributed by atoms with E-state index in [-0.39, 0.29) is 40.2 Å². The molecule has 2 aromatic carbocycles. The van der Waals surface area contributed by atoms with Gasteiger partial charge in [0.05, 0.1) is 50.2 Å². The largest absolute Gasteiger partial charge is 0.459 e. The Hall–Kier alpha value is -3.57. The number of halogens is 2. The van der Waals surface area contributed by atoms with Crippen LogP contribution in [-0.2, 0) is 40.6 Å². The van der Waals surface area contributed by atoms with E-state index in [0.717, 1.165) is 81.0 Å². The van der Waals surface area contributed by atoms with Crippen molar-refractivity contribution in [1.82, 2.24) is 30.0 Å². The van der Waals surface area contributed by atoms with Crippen LogP contribution in [0.4, 0.5) is 0 Å². The van der Waals surface area contributed by atoms with Crippen molar-refractivity contribution in [2.24, 2.45) is 50.2 Å². The minimum atomic E-state index is -0.545. The van der Waals surface area contributed by atoms with Gasteiger partial charge in [-0.25, -0.2) is 9.36 Å². The van der Waals surface area contributed by atoms with Crippen molar-refractivity contribution >= 4 is 29.2 Å². The predicted octanol–water partition coefficient (Wildman–Crippen LogP) is 10.7. The first-order valence-electron chi connectivity index (χ1n) is 22.9. The van der Waals surface area contributed by atoms with Crippen LogP contribution in [0.2, 0.25) is 10.0 Å². The van der Waals surface area contributed by atoms with Crippen molar-refractivity contribution in [3.05, 3.63) is 105 Å². The van der Waals surface area contributed by atoms with Crippen LogP contribution in [0.5, 0.6) is 0 Å². The number of hydrogen-bond donors (Lipinski definition) is 1. The molecule has 62 heavy (non-hydrogen) atoms. The number of nitrogens with zero attached hydrogens (tertiary/aromatic N) is 6. The number of aromatic nitrogens is 6. The molecule has 0 radical (unpaired) electrons. The summed E-state index contributed by atoms with van der Waals surface area (Å²) in [5.41, 5.74) is 4.35. The second-order valence-electron chi connectivity index (χ2n) is 21.6. The average Bonchev–Trinajstić information content (AvgIpc) is 3.89. The Labute approximate surface area is 377 Å². The molecule has 9 rings (SSSR count). The summed E-state index contributed by atoms with van der Waals surface area (Å²) in [6.07, 6.45) is 15.5. The molecule has 5 aliphatic carbocycles. The maximum Gasteiger partial charge on any atom is 0.313 e. The van der Waals surface area contributed by atoms with E-state index >= 15 is 0 Å². The molecule has 10 nitrogen and oxygen atoms in total. The highest BCUT2D eigenvalue weighted by atomic mass is 35.5. The van der Waals surface area contributed by atoms with Crippen LogP contribution in [-0.4, -0.2) is 53.8 Å². The lowest BCUT2D eigenvalue weighted by molar-refractivity contribution is -0.221. The number of ether oxygens (including phenoxy) is 2. The second-order valence-corrected chi connectivity index (χ2v) is 22.4. The quantitative estimate of drug-likeness (QED) is 0.117. The van der Waals surface area contributed by atoms with Crippen molar-refractivity contribution in [3.63, 3.8) is 0 Å². The number of fused-ring (bicyclic) bond motifs is 7. The number of benzene rings is 2. The molecule has 1 N–H and O–H groups in total. The molecule has 12 heteroatoms. The van der Waals surface area contributed by atoms with Crippen LogP contribution in [0.25, 0.3) is 0 Å². The molecule has 4 saturated carbocycles. The summed E-state index contributed by atoms with van der Waals surface area (Å²) in [6, 6.07) is 15.5. The Balaban J connectivity index is 0.909. The first-order valence-corrected chi connectivity index (χ1v) is 23.6. The molecule has 4 aromatic rings. The van der Waals surface area contributed by atoms with E-state index < -0.39 is 16.9 Å². The van der Waals surface area contributed by atoms with Crippen molar-refractivity contribution in [2.75, 3.05) is 6.61 Å². The third-order valence-corrected chi connectivity index (χ3v) is 18.0.